The molecule has 0 aromatic heterocycles. The first-order valence-electron chi connectivity index (χ1n) is 33.8. The Bertz CT molecular complexity index is 1930. The summed E-state index contributed by atoms with van der Waals surface area (Å²) < 4.78 is 34.3. The van der Waals surface area contributed by atoms with Gasteiger partial charge in [-0.15, -0.1) is 0 Å². The van der Waals surface area contributed by atoms with Crippen molar-refractivity contribution in [2.24, 2.45) is 0 Å². The highest BCUT2D eigenvalue weighted by molar-refractivity contribution is 5.76. The van der Waals surface area contributed by atoms with Gasteiger partial charge in [-0.1, -0.05) is 208 Å². The van der Waals surface area contributed by atoms with Crippen LogP contribution in [0.3, 0.4) is 0 Å². The van der Waals surface area contributed by atoms with Crippen LogP contribution in [0.15, 0.2) is 85.1 Å². The Kier molecular flexibility index (Phi) is 45.5. The second-order valence-corrected chi connectivity index (χ2v) is 23.9. The van der Waals surface area contributed by atoms with Crippen molar-refractivity contribution in [3.05, 3.63) is 85.1 Å². The second-order valence-electron chi connectivity index (χ2n) is 23.9. The van der Waals surface area contributed by atoms with E-state index in [-0.39, 0.29) is 18.9 Å². The average molecular weight is 1250 g/mol. The average Bonchev–Trinajstić information content (AvgIpc) is 3.71. The van der Waals surface area contributed by atoms with E-state index in [0.717, 1.165) is 89.9 Å². The maximum absolute atomic E-state index is 13.4. The first-order chi connectivity index (χ1) is 42.8. The zero-order chi connectivity index (χ0) is 64.0. The van der Waals surface area contributed by atoms with E-state index in [4.69, 9.17) is 28.4 Å². The lowest BCUT2D eigenvalue weighted by Crippen LogP contribution is -2.66. The van der Waals surface area contributed by atoms with Gasteiger partial charge in [-0.25, -0.2) is 0 Å². The van der Waals surface area contributed by atoms with E-state index in [2.05, 4.69) is 92.1 Å². The van der Waals surface area contributed by atoms with Crippen molar-refractivity contribution < 1.29 is 89.4 Å². The molecule has 0 saturated carbocycles. The molecule has 3 fully saturated rings. The van der Waals surface area contributed by atoms with Crippen LogP contribution >= 0.6 is 0 Å². The van der Waals surface area contributed by atoms with Crippen LogP contribution in [0.2, 0.25) is 0 Å². The predicted octanol–water partition coefficient (Wildman–Crippen LogP) is 8.32. The van der Waals surface area contributed by atoms with Gasteiger partial charge in [0.25, 0.3) is 0 Å². The topological polar surface area (TPSA) is 307 Å². The molecule has 3 aliphatic rings. The molecule has 19 nitrogen and oxygen atoms in total. The standard InChI is InChI=1S/C69H119NO18/c1-3-5-7-9-11-13-15-17-19-21-23-24-25-26-27-29-30-32-34-36-38-40-42-44-46-53(74)52(70-57(75)47-45-43-41-39-37-35-33-31-28-22-20-18-16-14-12-10-8-6-4-2)51-83-67-63(81)60(78)65(55(49-72)85-67)88-69-64(82)61(79)66(56(50-73)86-69)87-68-62(80)59(77)58(76)54(48-71)84-68/h6,8,12,14,18,20,28-31,36,38,44,46,52-56,58-69,71-74,76-82H,3-5,7,9-11,13,15-17,19,21-27,32-35,37,39-43,45,47-51H2,1-2H3,(H,70,75)/b8-6-,14-12-,20-18-,30-29+,31-28-,38-36+,46-44+. The van der Waals surface area contributed by atoms with Gasteiger partial charge in [-0.2, -0.15) is 0 Å². The van der Waals surface area contributed by atoms with Crippen LogP contribution in [0, 0.1) is 0 Å². The molecule has 0 radical (unpaired) electrons. The predicted molar refractivity (Wildman–Crippen MR) is 341 cm³/mol. The summed E-state index contributed by atoms with van der Waals surface area (Å²) in [5.74, 6) is -0.306. The summed E-state index contributed by atoms with van der Waals surface area (Å²) in [5.41, 5.74) is 0. The van der Waals surface area contributed by atoms with Crippen LogP contribution in [0.4, 0.5) is 0 Å². The van der Waals surface area contributed by atoms with Crippen LogP contribution < -0.4 is 5.32 Å². The summed E-state index contributed by atoms with van der Waals surface area (Å²) in [6.07, 6.45) is 37.0. The number of rotatable bonds is 50. The van der Waals surface area contributed by atoms with Crippen molar-refractivity contribution in [2.75, 3.05) is 26.4 Å². The highest BCUT2D eigenvalue weighted by atomic mass is 16.8. The molecule has 0 aromatic rings. The van der Waals surface area contributed by atoms with Gasteiger partial charge in [0.15, 0.2) is 18.9 Å². The summed E-state index contributed by atoms with van der Waals surface area (Å²) >= 11 is 0. The van der Waals surface area contributed by atoms with E-state index < -0.39 is 124 Å². The minimum atomic E-state index is -1.99. The first kappa shape index (κ1) is 79.2. The summed E-state index contributed by atoms with van der Waals surface area (Å²) in [5, 5.41) is 120. The number of allylic oxidation sites excluding steroid dienone is 13. The maximum atomic E-state index is 13.4. The summed E-state index contributed by atoms with van der Waals surface area (Å²) in [6.45, 7) is 1.57. The fraction of sp³-hybridized carbons (Fsp3) is 0.783. The van der Waals surface area contributed by atoms with E-state index in [9.17, 15) is 61.0 Å². The Morgan fingerprint density at radius 2 is 0.795 bits per heavy atom. The van der Waals surface area contributed by atoms with E-state index in [0.29, 0.717) is 12.8 Å². The molecule has 508 valence electrons. The molecular weight excluding hydrogens is 1130 g/mol. The lowest BCUT2D eigenvalue weighted by atomic mass is 9.96. The van der Waals surface area contributed by atoms with Gasteiger partial charge in [0.05, 0.1) is 38.6 Å². The molecule has 88 heavy (non-hydrogen) atoms. The number of unbranched alkanes of at least 4 members (excludes halogenated alkanes) is 22. The second kappa shape index (κ2) is 50.5. The first-order valence-corrected chi connectivity index (χ1v) is 33.8. The normalized spacial score (nSPS) is 28.9. The molecular formula is C69H119NO18. The van der Waals surface area contributed by atoms with E-state index in [1.54, 1.807) is 6.08 Å². The van der Waals surface area contributed by atoms with Crippen molar-refractivity contribution in [3.63, 3.8) is 0 Å². The molecule has 0 aromatic carbocycles. The number of aliphatic hydroxyl groups excluding tert-OH is 11. The fourth-order valence-corrected chi connectivity index (χ4v) is 10.9. The number of amides is 1. The van der Waals surface area contributed by atoms with Crippen molar-refractivity contribution in [1.82, 2.24) is 5.32 Å². The molecule has 3 rings (SSSR count). The van der Waals surface area contributed by atoms with Gasteiger partial charge < -0.3 is 89.9 Å². The molecule has 17 atom stereocenters. The minimum absolute atomic E-state index is 0.211. The highest BCUT2D eigenvalue weighted by Crippen LogP contribution is 2.33. The van der Waals surface area contributed by atoms with Crippen molar-refractivity contribution in [2.45, 2.75) is 317 Å². The molecule has 1 amide bonds. The quantitative estimate of drug-likeness (QED) is 0.0201. The Morgan fingerprint density at radius 1 is 0.420 bits per heavy atom. The van der Waals surface area contributed by atoms with Crippen molar-refractivity contribution >= 4 is 5.91 Å². The summed E-state index contributed by atoms with van der Waals surface area (Å²) in [6, 6.07) is -1.01. The number of aliphatic hydroxyl groups is 11. The van der Waals surface area contributed by atoms with Gasteiger partial charge in [-0.05, 0) is 83.5 Å². The number of carbonyl (C=O) groups excluding carboxylic acids is 1. The molecule has 19 heteroatoms. The minimum Gasteiger partial charge on any atom is -0.394 e. The molecule has 0 aliphatic carbocycles. The summed E-state index contributed by atoms with van der Waals surface area (Å²) in [4.78, 5) is 13.4. The largest absolute Gasteiger partial charge is 0.394 e. The number of ether oxygens (including phenoxy) is 6. The zero-order valence-electron chi connectivity index (χ0n) is 53.4. The van der Waals surface area contributed by atoms with Crippen LogP contribution in [-0.2, 0) is 33.2 Å². The van der Waals surface area contributed by atoms with Gasteiger partial charge in [0.2, 0.25) is 5.91 Å². The highest BCUT2D eigenvalue weighted by Gasteiger charge is 2.53. The number of hydrogen-bond acceptors (Lipinski definition) is 18. The number of nitrogens with one attached hydrogen (secondary N) is 1. The zero-order valence-corrected chi connectivity index (χ0v) is 53.4. The Hall–Kier alpha value is -3.03. The van der Waals surface area contributed by atoms with Crippen LogP contribution in [0.1, 0.15) is 213 Å². The van der Waals surface area contributed by atoms with E-state index in [1.165, 1.54) is 89.9 Å². The summed E-state index contributed by atoms with van der Waals surface area (Å²) in [7, 11) is 0. The van der Waals surface area contributed by atoms with Crippen LogP contribution in [-0.4, -0.2) is 193 Å². The number of hydrogen-bond donors (Lipinski definition) is 12. The smallest absolute Gasteiger partial charge is 0.220 e. The number of carbonyl (C=O) groups is 1. The van der Waals surface area contributed by atoms with Gasteiger partial charge in [0, 0.05) is 6.42 Å². The van der Waals surface area contributed by atoms with Gasteiger partial charge in [0.1, 0.15) is 73.2 Å². The Labute approximate surface area is 527 Å². The monoisotopic (exact) mass is 1250 g/mol. The third-order valence-electron chi connectivity index (χ3n) is 16.4. The molecule has 0 bridgehead atoms. The molecule has 17 unspecified atom stereocenters. The SMILES string of the molecule is CC/C=C\C/C=C\C/C=C\C/C=C\CCCCCCCCC(=O)NC(COC1OC(CO)C(OC2OC(CO)C(OC3OC(CO)C(O)C(O)C3O)C(O)C2O)C(O)C1O)C(O)/C=C/CC/C=C/CC/C=C/CCCCCCCCCCCCCCCC. The lowest BCUT2D eigenvalue weighted by molar-refractivity contribution is -0.379. The van der Waals surface area contributed by atoms with E-state index >= 15 is 0 Å². The fourth-order valence-electron chi connectivity index (χ4n) is 10.9. The molecule has 3 saturated heterocycles. The Morgan fingerprint density at radius 3 is 1.27 bits per heavy atom. The molecule has 3 heterocycles. The Balaban J connectivity index is 1.48. The van der Waals surface area contributed by atoms with E-state index in [1.807, 2.05) is 6.08 Å². The molecule has 0 spiro atoms. The van der Waals surface area contributed by atoms with Crippen LogP contribution in [0.25, 0.3) is 0 Å². The van der Waals surface area contributed by atoms with Crippen molar-refractivity contribution in [1.29, 1.82) is 0 Å². The van der Waals surface area contributed by atoms with Gasteiger partial charge >= 0.3 is 0 Å². The lowest BCUT2D eigenvalue weighted by Gasteiger charge is -2.48. The third-order valence-corrected chi connectivity index (χ3v) is 16.4. The van der Waals surface area contributed by atoms with Crippen LogP contribution in [0.5, 0.6) is 0 Å². The van der Waals surface area contributed by atoms with Crippen molar-refractivity contribution in [3.8, 4) is 0 Å². The third kappa shape index (κ3) is 32.5. The molecule has 12 N–H and O–H groups in total. The maximum Gasteiger partial charge on any atom is 0.220 e. The van der Waals surface area contributed by atoms with Gasteiger partial charge in [-0.3, -0.25) is 4.79 Å². The molecule has 3 aliphatic heterocycles.